The van der Waals surface area contributed by atoms with E-state index >= 15 is 0 Å². The van der Waals surface area contributed by atoms with E-state index in [-0.39, 0.29) is 16.8 Å². The van der Waals surface area contributed by atoms with Crippen LogP contribution in [-0.2, 0) is 12.8 Å². The van der Waals surface area contributed by atoms with E-state index in [1.54, 1.807) is 12.1 Å². The summed E-state index contributed by atoms with van der Waals surface area (Å²) in [6.07, 6.45) is 1.43. The molecule has 6 heteroatoms. The first kappa shape index (κ1) is 17.6. The Morgan fingerprint density at radius 1 is 0.786 bits per heavy atom. The Balaban J connectivity index is 1.67. The van der Waals surface area contributed by atoms with Crippen LogP contribution in [0.1, 0.15) is 31.8 Å². The topological polar surface area (TPSA) is 80.5 Å². The Bertz CT molecular complexity index is 1090. The number of imide groups is 1. The molecule has 0 spiro atoms. The minimum atomic E-state index is -0.575. The van der Waals surface area contributed by atoms with Gasteiger partial charge in [-0.25, -0.2) is 4.90 Å². The van der Waals surface area contributed by atoms with Crippen LogP contribution in [0.15, 0.2) is 72.8 Å². The zero-order chi connectivity index (χ0) is 19.7. The van der Waals surface area contributed by atoms with E-state index in [4.69, 9.17) is 0 Å². The van der Waals surface area contributed by atoms with E-state index in [1.807, 2.05) is 42.5 Å². The molecule has 0 aliphatic carbocycles. The van der Waals surface area contributed by atoms with Gasteiger partial charge in [0.05, 0.1) is 21.7 Å². The Labute approximate surface area is 161 Å². The number of amides is 2. The summed E-state index contributed by atoms with van der Waals surface area (Å²) < 4.78 is 0. The molecule has 6 nitrogen and oxygen atoms in total. The predicted molar refractivity (Wildman–Crippen MR) is 105 cm³/mol. The lowest BCUT2D eigenvalue weighted by atomic mass is 10.0. The molecule has 0 fully saturated rings. The highest BCUT2D eigenvalue weighted by Gasteiger charge is 2.38. The van der Waals surface area contributed by atoms with Crippen LogP contribution < -0.4 is 4.90 Å². The standard InChI is InChI=1S/C22H16N2O4/c25-21-18-13-12-17(24(27)28)14-19(18)22(26)23(21)20-9-5-4-8-16(20)11-10-15-6-2-1-3-7-15/h1-9,12-14H,10-11H2. The number of fused-ring (bicyclic) bond motifs is 1. The van der Waals surface area contributed by atoms with Crippen molar-refractivity contribution in [3.05, 3.63) is 105 Å². The third-order valence-corrected chi connectivity index (χ3v) is 4.84. The van der Waals surface area contributed by atoms with Crippen molar-refractivity contribution in [3.63, 3.8) is 0 Å². The molecule has 0 bridgehead atoms. The van der Waals surface area contributed by atoms with Crippen molar-refractivity contribution >= 4 is 23.2 Å². The minimum absolute atomic E-state index is 0.0667. The Morgan fingerprint density at radius 2 is 1.46 bits per heavy atom. The number of non-ortho nitro benzene ring substituents is 1. The van der Waals surface area contributed by atoms with Crippen LogP contribution in [0.25, 0.3) is 0 Å². The first-order chi connectivity index (χ1) is 13.6. The summed E-state index contributed by atoms with van der Waals surface area (Å²) in [4.78, 5) is 37.3. The number of benzene rings is 3. The van der Waals surface area contributed by atoms with Crippen LogP contribution in [-0.4, -0.2) is 16.7 Å². The number of rotatable bonds is 5. The quantitative estimate of drug-likeness (QED) is 0.382. The van der Waals surface area contributed by atoms with Gasteiger partial charge in [0.1, 0.15) is 0 Å². The summed E-state index contributed by atoms with van der Waals surface area (Å²) in [7, 11) is 0. The molecule has 0 aromatic heterocycles. The molecule has 0 saturated heterocycles. The zero-order valence-corrected chi connectivity index (χ0v) is 14.9. The Morgan fingerprint density at radius 3 is 2.21 bits per heavy atom. The molecule has 3 aromatic rings. The summed E-state index contributed by atoms with van der Waals surface area (Å²) in [6.45, 7) is 0. The zero-order valence-electron chi connectivity index (χ0n) is 14.9. The van der Waals surface area contributed by atoms with Gasteiger partial charge in [-0.05, 0) is 36.1 Å². The van der Waals surface area contributed by atoms with Crippen LogP contribution in [0.2, 0.25) is 0 Å². The number of carbonyl (C=O) groups is 2. The molecule has 0 atom stereocenters. The molecule has 0 radical (unpaired) electrons. The van der Waals surface area contributed by atoms with Crippen LogP contribution in [0.3, 0.4) is 0 Å². The van der Waals surface area contributed by atoms with Gasteiger partial charge in [-0.3, -0.25) is 19.7 Å². The normalized spacial score (nSPS) is 12.9. The largest absolute Gasteiger partial charge is 0.270 e. The van der Waals surface area contributed by atoms with Gasteiger partial charge in [0.25, 0.3) is 17.5 Å². The van der Waals surface area contributed by atoms with E-state index in [9.17, 15) is 19.7 Å². The van der Waals surface area contributed by atoms with Crippen LogP contribution in [0.4, 0.5) is 11.4 Å². The van der Waals surface area contributed by atoms with Crippen LogP contribution in [0.5, 0.6) is 0 Å². The Kier molecular flexibility index (Phi) is 4.45. The summed E-state index contributed by atoms with van der Waals surface area (Å²) in [5.41, 5.74) is 2.60. The highest BCUT2D eigenvalue weighted by molar-refractivity contribution is 6.34. The second-order valence-electron chi connectivity index (χ2n) is 6.55. The van der Waals surface area contributed by atoms with Gasteiger partial charge < -0.3 is 0 Å². The van der Waals surface area contributed by atoms with Gasteiger partial charge >= 0.3 is 0 Å². The smallest absolute Gasteiger partial charge is 0.268 e. The lowest BCUT2D eigenvalue weighted by molar-refractivity contribution is -0.384. The number of hydrogen-bond acceptors (Lipinski definition) is 4. The number of nitrogens with zero attached hydrogens (tertiary/aromatic N) is 2. The van der Waals surface area contributed by atoms with Crippen molar-refractivity contribution in [2.24, 2.45) is 0 Å². The average molecular weight is 372 g/mol. The highest BCUT2D eigenvalue weighted by atomic mass is 16.6. The second-order valence-corrected chi connectivity index (χ2v) is 6.55. The molecule has 4 rings (SSSR count). The summed E-state index contributed by atoms with van der Waals surface area (Å²) in [6, 6.07) is 21.0. The first-order valence-electron chi connectivity index (χ1n) is 8.85. The van der Waals surface area contributed by atoms with Crippen molar-refractivity contribution in [3.8, 4) is 0 Å². The molecule has 0 N–H and O–H groups in total. The van der Waals surface area contributed by atoms with Gasteiger partial charge in [0.2, 0.25) is 0 Å². The first-order valence-corrected chi connectivity index (χ1v) is 8.85. The molecule has 0 saturated carbocycles. The fourth-order valence-electron chi connectivity index (χ4n) is 3.43. The van der Waals surface area contributed by atoms with E-state index in [2.05, 4.69) is 0 Å². The maximum absolute atomic E-state index is 12.9. The molecule has 2 amide bonds. The van der Waals surface area contributed by atoms with E-state index in [0.29, 0.717) is 12.1 Å². The number of hydrogen-bond donors (Lipinski definition) is 0. The molecule has 0 unspecified atom stereocenters. The molecular formula is C22H16N2O4. The SMILES string of the molecule is O=C1c2ccc([N+](=O)[O-])cc2C(=O)N1c1ccccc1CCc1ccccc1. The molecule has 1 aliphatic heterocycles. The summed E-state index contributed by atoms with van der Waals surface area (Å²) in [5.74, 6) is -0.988. The van der Waals surface area contributed by atoms with E-state index in [1.165, 1.54) is 18.2 Å². The average Bonchev–Trinajstić information content (AvgIpc) is 2.97. The molecule has 1 aliphatic rings. The van der Waals surface area contributed by atoms with E-state index < -0.39 is 16.7 Å². The van der Waals surface area contributed by atoms with Crippen molar-refractivity contribution in [1.29, 1.82) is 0 Å². The van der Waals surface area contributed by atoms with Crippen molar-refractivity contribution in [1.82, 2.24) is 0 Å². The molecule has 138 valence electrons. The number of anilines is 1. The maximum Gasteiger partial charge on any atom is 0.270 e. The van der Waals surface area contributed by atoms with Gasteiger partial charge in [-0.2, -0.15) is 0 Å². The molecular weight excluding hydrogens is 356 g/mol. The van der Waals surface area contributed by atoms with Crippen molar-refractivity contribution in [2.45, 2.75) is 12.8 Å². The lowest BCUT2D eigenvalue weighted by Crippen LogP contribution is -2.30. The summed E-state index contributed by atoms with van der Waals surface area (Å²) in [5, 5.41) is 11.0. The fraction of sp³-hybridized carbons (Fsp3) is 0.0909. The van der Waals surface area contributed by atoms with Gasteiger partial charge in [-0.15, -0.1) is 0 Å². The predicted octanol–water partition coefficient (Wildman–Crippen LogP) is 4.18. The van der Waals surface area contributed by atoms with Gasteiger partial charge in [0.15, 0.2) is 0 Å². The maximum atomic E-state index is 12.9. The number of nitro groups is 1. The number of aryl methyl sites for hydroxylation is 2. The lowest BCUT2D eigenvalue weighted by Gasteiger charge is -2.18. The fourth-order valence-corrected chi connectivity index (χ4v) is 3.43. The number of nitro benzene ring substituents is 1. The molecule has 3 aromatic carbocycles. The third-order valence-electron chi connectivity index (χ3n) is 4.84. The minimum Gasteiger partial charge on any atom is -0.268 e. The van der Waals surface area contributed by atoms with Crippen LogP contribution >= 0.6 is 0 Å². The molecule has 28 heavy (non-hydrogen) atoms. The van der Waals surface area contributed by atoms with Gasteiger partial charge in [-0.1, -0.05) is 48.5 Å². The highest BCUT2D eigenvalue weighted by Crippen LogP contribution is 2.33. The van der Waals surface area contributed by atoms with Crippen molar-refractivity contribution < 1.29 is 14.5 Å². The summed E-state index contributed by atoms with van der Waals surface area (Å²) >= 11 is 0. The molecule has 1 heterocycles. The second kappa shape index (κ2) is 7.08. The van der Waals surface area contributed by atoms with Crippen molar-refractivity contribution in [2.75, 3.05) is 4.90 Å². The van der Waals surface area contributed by atoms with E-state index in [0.717, 1.165) is 22.4 Å². The third kappa shape index (κ3) is 3.05. The Hall–Kier alpha value is -3.80. The number of para-hydroxylation sites is 1. The van der Waals surface area contributed by atoms with Crippen LogP contribution in [0, 0.1) is 10.1 Å². The monoisotopic (exact) mass is 372 g/mol. The van der Waals surface area contributed by atoms with Gasteiger partial charge in [0, 0.05) is 12.1 Å². The number of carbonyl (C=O) groups excluding carboxylic acids is 2.